The monoisotopic (exact) mass is 532 g/mol. The summed E-state index contributed by atoms with van der Waals surface area (Å²) >= 11 is 0. The number of phosphoric acid groups is 1. The topological polar surface area (TPSA) is 179 Å². The van der Waals surface area contributed by atoms with Crippen molar-refractivity contribution in [3.05, 3.63) is 54.6 Å². The Bertz CT molecular complexity index is 1330. The summed E-state index contributed by atoms with van der Waals surface area (Å²) in [5.74, 6) is 0.206. The Morgan fingerprint density at radius 1 is 1.16 bits per heavy atom. The van der Waals surface area contributed by atoms with Crippen molar-refractivity contribution in [1.29, 1.82) is 0 Å². The number of aromatic nitrogens is 4. The van der Waals surface area contributed by atoms with Crippen LogP contribution in [0.1, 0.15) is 18.7 Å². The largest absolute Gasteiger partial charge is 0.469 e. The summed E-state index contributed by atoms with van der Waals surface area (Å²) < 4.78 is 35.9. The summed E-state index contributed by atoms with van der Waals surface area (Å²) in [4.78, 5) is 43.1. The zero-order valence-corrected chi connectivity index (χ0v) is 20.5. The first-order valence-electron chi connectivity index (χ1n) is 11.4. The van der Waals surface area contributed by atoms with E-state index < -0.39 is 51.3 Å². The number of nitrogens with zero attached hydrogens (tertiary/aromatic N) is 4. The van der Waals surface area contributed by atoms with Crippen molar-refractivity contribution in [3.8, 4) is 0 Å². The number of amides is 2. The van der Waals surface area contributed by atoms with E-state index in [0.29, 0.717) is 17.7 Å². The van der Waals surface area contributed by atoms with Crippen molar-refractivity contribution in [3.63, 3.8) is 0 Å². The molecule has 37 heavy (non-hydrogen) atoms. The molecule has 5 rings (SSSR count). The predicted molar refractivity (Wildman–Crippen MR) is 129 cm³/mol. The molecule has 2 aliphatic heterocycles. The van der Waals surface area contributed by atoms with Crippen LogP contribution in [0.25, 0.3) is 17.2 Å². The average molecular weight is 532 g/mol. The van der Waals surface area contributed by atoms with E-state index in [0.717, 1.165) is 5.56 Å². The second-order valence-corrected chi connectivity index (χ2v) is 9.46. The highest BCUT2D eigenvalue weighted by Gasteiger charge is 2.53. The lowest BCUT2D eigenvalue weighted by Gasteiger charge is -2.20. The maximum Gasteiger partial charge on any atom is 0.469 e. The Morgan fingerprint density at radius 3 is 2.70 bits per heavy atom. The molecule has 5 atom stereocenters. The summed E-state index contributed by atoms with van der Waals surface area (Å²) in [7, 11) is -4.74. The minimum atomic E-state index is -4.74. The number of benzene rings is 1. The average Bonchev–Trinajstić information content (AvgIpc) is 3.56. The summed E-state index contributed by atoms with van der Waals surface area (Å²) in [5, 5.41) is 5.25. The lowest BCUT2D eigenvalue weighted by Crippen LogP contribution is -2.31. The van der Waals surface area contributed by atoms with E-state index in [9.17, 15) is 19.1 Å². The minimum Gasteiger partial charge on any atom is -0.347 e. The van der Waals surface area contributed by atoms with Gasteiger partial charge in [0.25, 0.3) is 0 Å². The summed E-state index contributed by atoms with van der Waals surface area (Å²) in [5.41, 5.74) is 1.63. The highest BCUT2D eigenvalue weighted by molar-refractivity contribution is 7.46. The maximum absolute atomic E-state index is 12.0. The maximum atomic E-state index is 12.0. The van der Waals surface area contributed by atoms with E-state index in [-0.39, 0.29) is 5.82 Å². The van der Waals surface area contributed by atoms with Gasteiger partial charge in [-0.3, -0.25) is 14.4 Å². The second kappa shape index (κ2) is 10.6. The number of imidazole rings is 1. The first-order chi connectivity index (χ1) is 17.8. The molecule has 4 heterocycles. The number of hydrogen-bond donors (Lipinski definition) is 4. The third-order valence-corrected chi connectivity index (χ3v) is 6.21. The molecule has 2 aliphatic rings. The molecule has 0 bridgehead atoms. The molecule has 14 nitrogen and oxygen atoms in total. The van der Waals surface area contributed by atoms with Crippen molar-refractivity contribution in [2.24, 2.45) is 0 Å². The van der Waals surface area contributed by atoms with Gasteiger partial charge in [0.05, 0.1) is 12.9 Å². The SMILES string of the molecule is CCNC(=O)Nc1ncnc2c1ncn2[C@@H]1O[C@H](COP(=O)(O)O)C2OC(/C=C/c3ccccc3)O[C@@H]21. The van der Waals surface area contributed by atoms with Crippen molar-refractivity contribution in [2.45, 2.75) is 37.8 Å². The van der Waals surface area contributed by atoms with Gasteiger partial charge in [-0.05, 0) is 18.6 Å². The molecule has 2 fully saturated rings. The van der Waals surface area contributed by atoms with Crippen LogP contribution in [0, 0.1) is 0 Å². The number of phosphoric ester groups is 1. The van der Waals surface area contributed by atoms with Crippen LogP contribution in [0.3, 0.4) is 0 Å². The van der Waals surface area contributed by atoms with E-state index in [2.05, 4.69) is 25.6 Å². The van der Waals surface area contributed by atoms with Crippen molar-refractivity contribution in [2.75, 3.05) is 18.5 Å². The van der Waals surface area contributed by atoms with Gasteiger partial charge in [0.2, 0.25) is 0 Å². The predicted octanol–water partition coefficient (Wildman–Crippen LogP) is 1.80. The van der Waals surface area contributed by atoms with E-state index in [1.807, 2.05) is 36.4 Å². The molecule has 15 heteroatoms. The van der Waals surface area contributed by atoms with Crippen LogP contribution in [0.5, 0.6) is 0 Å². The molecule has 4 N–H and O–H groups in total. The third-order valence-electron chi connectivity index (χ3n) is 5.72. The number of anilines is 1. The fourth-order valence-electron chi connectivity index (χ4n) is 4.17. The summed E-state index contributed by atoms with van der Waals surface area (Å²) in [6.07, 6.45) is 2.55. The molecule has 196 valence electrons. The Labute approximate surface area is 210 Å². The van der Waals surface area contributed by atoms with E-state index in [1.54, 1.807) is 17.6 Å². The van der Waals surface area contributed by atoms with Gasteiger partial charge < -0.3 is 29.3 Å². The highest BCUT2D eigenvalue weighted by atomic mass is 31.2. The van der Waals surface area contributed by atoms with Crippen LogP contribution in [-0.2, 0) is 23.3 Å². The quantitative estimate of drug-likeness (QED) is 0.311. The number of carbonyl (C=O) groups is 1. The molecular formula is C22H25N6O8P. The van der Waals surface area contributed by atoms with Crippen molar-refractivity contribution < 1.29 is 37.9 Å². The van der Waals surface area contributed by atoms with Crippen LogP contribution in [0.15, 0.2) is 49.1 Å². The molecule has 0 radical (unpaired) electrons. The number of urea groups is 1. The Hall–Kier alpha value is -3.23. The first kappa shape index (κ1) is 25.4. The Balaban J connectivity index is 1.41. The molecule has 2 aromatic heterocycles. The van der Waals surface area contributed by atoms with Crippen LogP contribution in [0.2, 0.25) is 0 Å². The van der Waals surface area contributed by atoms with E-state index in [4.69, 9.17) is 18.7 Å². The van der Waals surface area contributed by atoms with Gasteiger partial charge in [-0.2, -0.15) is 0 Å². The summed E-state index contributed by atoms with van der Waals surface area (Å²) in [6.45, 7) is 1.80. The fourth-order valence-corrected chi connectivity index (χ4v) is 4.52. The minimum absolute atomic E-state index is 0.206. The van der Waals surface area contributed by atoms with Gasteiger partial charge in [0.1, 0.15) is 24.6 Å². The number of hydrogen-bond acceptors (Lipinski definition) is 9. The molecule has 2 saturated heterocycles. The van der Waals surface area contributed by atoms with Crippen LogP contribution < -0.4 is 10.6 Å². The molecule has 0 saturated carbocycles. The zero-order chi connectivity index (χ0) is 26.0. The number of nitrogens with one attached hydrogen (secondary N) is 2. The van der Waals surface area contributed by atoms with E-state index >= 15 is 0 Å². The fraction of sp³-hybridized carbons (Fsp3) is 0.364. The van der Waals surface area contributed by atoms with Crippen LogP contribution in [-0.4, -0.2) is 73.1 Å². The molecule has 3 aromatic rings. The number of fused-ring (bicyclic) bond motifs is 2. The molecule has 0 spiro atoms. The van der Waals surface area contributed by atoms with E-state index in [1.165, 1.54) is 12.7 Å². The Kier molecular flexibility index (Phi) is 7.31. The number of ether oxygens (including phenoxy) is 3. The van der Waals surface area contributed by atoms with Gasteiger partial charge in [0, 0.05) is 6.54 Å². The smallest absolute Gasteiger partial charge is 0.347 e. The van der Waals surface area contributed by atoms with Crippen LogP contribution in [0.4, 0.5) is 10.6 Å². The van der Waals surface area contributed by atoms with Gasteiger partial charge in [-0.15, -0.1) is 0 Å². The molecule has 2 unspecified atom stereocenters. The Morgan fingerprint density at radius 2 is 1.95 bits per heavy atom. The number of rotatable bonds is 8. The van der Waals surface area contributed by atoms with Crippen LogP contribution >= 0.6 is 7.82 Å². The standard InChI is InChI=1S/C22H25N6O8P/c1-2-23-22(29)27-19-16-20(25-11-24-19)28(12-26-16)21-18-17(14(34-21)10-33-37(30,31)32)35-15(36-18)9-8-13-6-4-3-5-7-13/h3-9,11-12,14-15,17-18,21H,2,10H2,1H3,(H2,30,31,32)(H2,23,24,25,27,29)/b9-8+/t14-,15?,17?,18+,21-/m1/s1. The van der Waals surface area contributed by atoms with Gasteiger partial charge in [-0.25, -0.2) is 24.3 Å². The number of carbonyl (C=O) groups excluding carboxylic acids is 1. The molecule has 0 aliphatic carbocycles. The summed E-state index contributed by atoms with van der Waals surface area (Å²) in [6, 6.07) is 9.14. The zero-order valence-electron chi connectivity index (χ0n) is 19.6. The van der Waals surface area contributed by atoms with Crippen molar-refractivity contribution in [1.82, 2.24) is 24.8 Å². The molecular weight excluding hydrogens is 507 g/mol. The molecule has 2 amide bonds. The second-order valence-electron chi connectivity index (χ2n) is 8.22. The third kappa shape index (κ3) is 5.70. The van der Waals surface area contributed by atoms with Gasteiger partial charge >= 0.3 is 13.9 Å². The first-order valence-corrected chi connectivity index (χ1v) is 13.0. The lowest BCUT2D eigenvalue weighted by molar-refractivity contribution is -0.132. The van der Waals surface area contributed by atoms with Gasteiger partial charge in [0.15, 0.2) is 29.5 Å². The van der Waals surface area contributed by atoms with Crippen molar-refractivity contribution >= 4 is 36.9 Å². The molecule has 1 aromatic carbocycles. The van der Waals surface area contributed by atoms with Gasteiger partial charge in [-0.1, -0.05) is 36.4 Å². The normalized spacial score (nSPS) is 25.5. The lowest BCUT2D eigenvalue weighted by atomic mass is 10.1. The highest BCUT2D eigenvalue weighted by Crippen LogP contribution is 2.43.